The normalized spacial score (nSPS) is 15.9. The largest absolute Gasteiger partial charge is 0.328 e. The van der Waals surface area contributed by atoms with E-state index in [1.54, 1.807) is 0 Å². The number of hydrogen-bond acceptors (Lipinski definition) is 2. The van der Waals surface area contributed by atoms with Crippen LogP contribution in [-0.4, -0.2) is 6.54 Å². The Morgan fingerprint density at radius 2 is 1.82 bits per heavy atom. The van der Waals surface area contributed by atoms with Gasteiger partial charge in [0.25, 0.3) is 0 Å². The molecule has 2 heteroatoms. The summed E-state index contributed by atoms with van der Waals surface area (Å²) in [6.07, 6.45) is 0. The second-order valence-corrected chi connectivity index (χ2v) is 2.99. The Bertz CT molecular complexity index is 216. The summed E-state index contributed by atoms with van der Waals surface area (Å²) in [4.78, 5) is 0. The van der Waals surface area contributed by atoms with E-state index >= 15 is 0 Å². The minimum atomic E-state index is -0.388. The van der Waals surface area contributed by atoms with Crippen LogP contribution in [0, 0.1) is 0 Å². The summed E-state index contributed by atoms with van der Waals surface area (Å²) in [5.74, 6) is 0. The maximum Gasteiger partial charge on any atom is 0.0505 e. The quantitative estimate of drug-likeness (QED) is 0.655. The van der Waals surface area contributed by atoms with Crippen LogP contribution in [0.25, 0.3) is 0 Å². The molecule has 0 saturated carbocycles. The minimum Gasteiger partial charge on any atom is -0.328 e. The molecule has 0 heterocycles. The van der Waals surface area contributed by atoms with E-state index < -0.39 is 0 Å². The van der Waals surface area contributed by atoms with Gasteiger partial charge < -0.3 is 11.5 Å². The maximum atomic E-state index is 5.91. The predicted molar refractivity (Wildman–Crippen MR) is 47.0 cm³/mol. The SMILES string of the molecule is C[C@](N)(CN)c1ccccc1. The van der Waals surface area contributed by atoms with Crippen LogP contribution < -0.4 is 11.5 Å². The molecule has 0 amide bonds. The van der Waals surface area contributed by atoms with Crippen molar-refractivity contribution in [2.24, 2.45) is 11.5 Å². The highest BCUT2D eigenvalue weighted by atomic mass is 14.8. The molecule has 0 aliphatic carbocycles. The zero-order chi connectivity index (χ0) is 8.32. The predicted octanol–water partition coefficient (Wildman–Crippen LogP) is 0.819. The molecule has 0 aliphatic rings. The van der Waals surface area contributed by atoms with E-state index in [0.717, 1.165) is 5.56 Å². The van der Waals surface area contributed by atoms with Crippen molar-refractivity contribution in [1.29, 1.82) is 0 Å². The Balaban J connectivity index is 2.93. The summed E-state index contributed by atoms with van der Waals surface area (Å²) in [5, 5.41) is 0. The van der Waals surface area contributed by atoms with Gasteiger partial charge in [-0.25, -0.2) is 0 Å². The van der Waals surface area contributed by atoms with Crippen LogP contribution in [0.3, 0.4) is 0 Å². The van der Waals surface area contributed by atoms with Crippen molar-refractivity contribution < 1.29 is 0 Å². The van der Waals surface area contributed by atoms with Crippen LogP contribution >= 0.6 is 0 Å². The van der Waals surface area contributed by atoms with Gasteiger partial charge in [0.15, 0.2) is 0 Å². The summed E-state index contributed by atoms with van der Waals surface area (Å²) in [6, 6.07) is 9.89. The number of rotatable bonds is 2. The van der Waals surface area contributed by atoms with Crippen LogP contribution in [0.4, 0.5) is 0 Å². The van der Waals surface area contributed by atoms with Crippen LogP contribution in [-0.2, 0) is 5.54 Å². The van der Waals surface area contributed by atoms with Gasteiger partial charge in [-0.2, -0.15) is 0 Å². The van der Waals surface area contributed by atoms with Crippen molar-refractivity contribution >= 4 is 0 Å². The Kier molecular flexibility index (Phi) is 2.27. The van der Waals surface area contributed by atoms with Gasteiger partial charge >= 0.3 is 0 Å². The fourth-order valence-electron chi connectivity index (χ4n) is 0.937. The maximum absolute atomic E-state index is 5.91. The third kappa shape index (κ3) is 1.79. The molecule has 1 aromatic carbocycles. The van der Waals surface area contributed by atoms with Crippen molar-refractivity contribution in [3.8, 4) is 0 Å². The van der Waals surface area contributed by atoms with Crippen LogP contribution in [0.5, 0.6) is 0 Å². The fourth-order valence-corrected chi connectivity index (χ4v) is 0.937. The zero-order valence-electron chi connectivity index (χ0n) is 6.75. The van der Waals surface area contributed by atoms with Gasteiger partial charge in [-0.15, -0.1) is 0 Å². The van der Waals surface area contributed by atoms with Gasteiger partial charge in [-0.05, 0) is 12.5 Å². The first-order valence-electron chi connectivity index (χ1n) is 3.71. The topological polar surface area (TPSA) is 52.0 Å². The molecular formula is C9H14N2. The summed E-state index contributed by atoms with van der Waals surface area (Å²) in [6.45, 7) is 2.40. The molecule has 1 atom stereocenters. The van der Waals surface area contributed by atoms with Gasteiger partial charge in [0.2, 0.25) is 0 Å². The molecule has 0 bridgehead atoms. The van der Waals surface area contributed by atoms with Gasteiger partial charge in [0.05, 0.1) is 5.54 Å². The zero-order valence-corrected chi connectivity index (χ0v) is 6.75. The highest BCUT2D eigenvalue weighted by molar-refractivity contribution is 5.23. The molecule has 0 saturated heterocycles. The standard InChI is InChI=1S/C9H14N2/c1-9(11,7-10)8-5-3-2-4-6-8/h2-6H,7,10-11H2,1H3/t9-/m0/s1. The molecule has 60 valence electrons. The molecule has 1 rings (SSSR count). The average molecular weight is 150 g/mol. The Labute approximate surface area is 67.2 Å². The van der Waals surface area contributed by atoms with Crippen molar-refractivity contribution in [1.82, 2.24) is 0 Å². The molecule has 11 heavy (non-hydrogen) atoms. The molecule has 0 unspecified atom stereocenters. The summed E-state index contributed by atoms with van der Waals surface area (Å²) in [7, 11) is 0. The van der Waals surface area contributed by atoms with E-state index in [-0.39, 0.29) is 5.54 Å². The second-order valence-electron chi connectivity index (χ2n) is 2.99. The fraction of sp³-hybridized carbons (Fsp3) is 0.333. The third-order valence-corrected chi connectivity index (χ3v) is 1.86. The van der Waals surface area contributed by atoms with E-state index in [9.17, 15) is 0 Å². The Hall–Kier alpha value is -0.860. The molecule has 0 aliphatic heterocycles. The Morgan fingerprint density at radius 3 is 2.27 bits per heavy atom. The number of hydrogen-bond donors (Lipinski definition) is 2. The third-order valence-electron chi connectivity index (χ3n) is 1.86. The Morgan fingerprint density at radius 1 is 1.27 bits per heavy atom. The lowest BCUT2D eigenvalue weighted by atomic mass is 9.94. The molecule has 4 N–H and O–H groups in total. The van der Waals surface area contributed by atoms with Crippen LogP contribution in [0.2, 0.25) is 0 Å². The smallest absolute Gasteiger partial charge is 0.0505 e. The molecule has 0 aromatic heterocycles. The van der Waals surface area contributed by atoms with Gasteiger partial charge in [0, 0.05) is 6.54 Å². The minimum absolute atomic E-state index is 0.388. The second kappa shape index (κ2) is 3.03. The highest BCUT2D eigenvalue weighted by Gasteiger charge is 2.17. The van der Waals surface area contributed by atoms with Crippen LogP contribution in [0.1, 0.15) is 12.5 Å². The molecule has 0 fully saturated rings. The lowest BCUT2D eigenvalue weighted by Gasteiger charge is -2.22. The van der Waals surface area contributed by atoms with E-state index in [2.05, 4.69) is 0 Å². The van der Waals surface area contributed by atoms with Crippen molar-refractivity contribution in [3.63, 3.8) is 0 Å². The van der Waals surface area contributed by atoms with Crippen molar-refractivity contribution in [2.45, 2.75) is 12.5 Å². The number of benzene rings is 1. The average Bonchev–Trinajstić information content (AvgIpc) is 2.06. The van der Waals surface area contributed by atoms with E-state index in [1.165, 1.54) is 0 Å². The first kappa shape index (κ1) is 8.24. The molecular weight excluding hydrogens is 136 g/mol. The lowest BCUT2D eigenvalue weighted by molar-refractivity contribution is 0.508. The molecule has 0 radical (unpaired) electrons. The first-order chi connectivity index (χ1) is 5.17. The molecule has 1 aromatic rings. The summed E-state index contributed by atoms with van der Waals surface area (Å²) < 4.78 is 0. The molecule has 0 spiro atoms. The van der Waals surface area contributed by atoms with Gasteiger partial charge in [-0.3, -0.25) is 0 Å². The van der Waals surface area contributed by atoms with E-state index in [1.807, 2.05) is 37.3 Å². The van der Waals surface area contributed by atoms with E-state index in [4.69, 9.17) is 11.5 Å². The van der Waals surface area contributed by atoms with Gasteiger partial charge in [-0.1, -0.05) is 30.3 Å². The monoisotopic (exact) mass is 150 g/mol. The molecule has 2 nitrogen and oxygen atoms in total. The highest BCUT2D eigenvalue weighted by Crippen LogP contribution is 2.14. The lowest BCUT2D eigenvalue weighted by Crippen LogP contribution is -2.40. The van der Waals surface area contributed by atoms with E-state index in [0.29, 0.717) is 6.54 Å². The van der Waals surface area contributed by atoms with Crippen molar-refractivity contribution in [2.75, 3.05) is 6.54 Å². The van der Waals surface area contributed by atoms with Crippen molar-refractivity contribution in [3.05, 3.63) is 35.9 Å². The van der Waals surface area contributed by atoms with Crippen LogP contribution in [0.15, 0.2) is 30.3 Å². The van der Waals surface area contributed by atoms with Gasteiger partial charge in [0.1, 0.15) is 0 Å². The number of nitrogens with two attached hydrogens (primary N) is 2. The summed E-state index contributed by atoms with van der Waals surface area (Å²) in [5.41, 5.74) is 12.1. The first-order valence-corrected chi connectivity index (χ1v) is 3.71. The summed E-state index contributed by atoms with van der Waals surface area (Å²) >= 11 is 0.